The first-order valence-corrected chi connectivity index (χ1v) is 7.69. The standard InChI is InChI=1S/C13H17NO5S/c1-9-5-6-10(20(4,17)18)7-11(9)13(16)14(2)8-12(15)19-3/h5-7H,8H2,1-4H3. The number of carbonyl (C=O) groups is 2. The van der Waals surface area contributed by atoms with Gasteiger partial charge in [-0.15, -0.1) is 0 Å². The lowest BCUT2D eigenvalue weighted by atomic mass is 10.1. The minimum absolute atomic E-state index is 0.0675. The molecule has 0 aromatic heterocycles. The van der Waals surface area contributed by atoms with E-state index in [1.165, 1.54) is 31.2 Å². The number of hydrogen-bond donors (Lipinski definition) is 0. The zero-order valence-electron chi connectivity index (χ0n) is 11.8. The number of aryl methyl sites for hydroxylation is 1. The van der Waals surface area contributed by atoms with Crippen molar-refractivity contribution in [3.05, 3.63) is 29.3 Å². The summed E-state index contributed by atoms with van der Waals surface area (Å²) in [5.41, 5.74) is 0.887. The van der Waals surface area contributed by atoms with Crippen LogP contribution in [0.25, 0.3) is 0 Å². The normalized spacial score (nSPS) is 11.0. The van der Waals surface area contributed by atoms with Gasteiger partial charge in [0.05, 0.1) is 12.0 Å². The molecular formula is C13H17NO5S. The first-order valence-electron chi connectivity index (χ1n) is 5.79. The van der Waals surface area contributed by atoms with Crippen LogP contribution in [-0.2, 0) is 19.4 Å². The molecule has 1 aromatic rings. The van der Waals surface area contributed by atoms with Crippen LogP contribution in [0.2, 0.25) is 0 Å². The molecule has 0 saturated carbocycles. The maximum Gasteiger partial charge on any atom is 0.325 e. The molecule has 1 rings (SSSR count). The second-order valence-corrected chi connectivity index (χ2v) is 6.50. The predicted octanol–water partition coefficient (Wildman–Crippen LogP) is 0.644. The zero-order chi connectivity index (χ0) is 15.5. The van der Waals surface area contributed by atoms with E-state index in [9.17, 15) is 18.0 Å². The second kappa shape index (κ2) is 6.04. The number of nitrogens with zero attached hydrogens (tertiary/aromatic N) is 1. The highest BCUT2D eigenvalue weighted by Crippen LogP contribution is 2.17. The molecule has 0 N–H and O–H groups in total. The molecule has 0 saturated heterocycles. The molecule has 0 aliphatic rings. The molecule has 0 radical (unpaired) electrons. The van der Waals surface area contributed by atoms with Crippen LogP contribution in [0.1, 0.15) is 15.9 Å². The summed E-state index contributed by atoms with van der Waals surface area (Å²) in [6, 6.07) is 4.33. The summed E-state index contributed by atoms with van der Waals surface area (Å²) in [6.07, 6.45) is 1.07. The van der Waals surface area contributed by atoms with E-state index in [-0.39, 0.29) is 17.0 Å². The summed E-state index contributed by atoms with van der Waals surface area (Å²) in [5, 5.41) is 0. The molecule has 0 aliphatic carbocycles. The Morgan fingerprint density at radius 1 is 1.30 bits per heavy atom. The molecule has 1 aromatic carbocycles. The van der Waals surface area contributed by atoms with Crippen molar-refractivity contribution in [3.63, 3.8) is 0 Å². The van der Waals surface area contributed by atoms with Gasteiger partial charge in [-0.25, -0.2) is 8.42 Å². The number of esters is 1. The average Bonchev–Trinajstić information content (AvgIpc) is 2.36. The summed E-state index contributed by atoms with van der Waals surface area (Å²) in [4.78, 5) is 24.6. The first kappa shape index (κ1) is 16.2. The fourth-order valence-electron chi connectivity index (χ4n) is 1.60. The number of carbonyl (C=O) groups excluding carboxylic acids is 2. The summed E-state index contributed by atoms with van der Waals surface area (Å²) >= 11 is 0. The molecule has 0 aliphatic heterocycles. The molecule has 0 fully saturated rings. The Morgan fingerprint density at radius 2 is 1.90 bits per heavy atom. The molecule has 0 atom stereocenters. The lowest BCUT2D eigenvalue weighted by Crippen LogP contribution is -2.33. The maximum absolute atomic E-state index is 12.2. The number of rotatable bonds is 4. The highest BCUT2D eigenvalue weighted by atomic mass is 32.2. The SMILES string of the molecule is COC(=O)CN(C)C(=O)c1cc(S(C)(=O)=O)ccc1C. The highest BCUT2D eigenvalue weighted by Gasteiger charge is 2.19. The van der Waals surface area contributed by atoms with Crippen LogP contribution in [0, 0.1) is 6.92 Å². The number of likely N-dealkylation sites (N-methyl/N-ethyl adjacent to an activating group) is 1. The maximum atomic E-state index is 12.2. The van der Waals surface area contributed by atoms with E-state index in [0.717, 1.165) is 6.26 Å². The van der Waals surface area contributed by atoms with Crippen LogP contribution in [0.5, 0.6) is 0 Å². The van der Waals surface area contributed by atoms with Gasteiger partial charge in [0.15, 0.2) is 9.84 Å². The van der Waals surface area contributed by atoms with Gasteiger partial charge in [0.1, 0.15) is 6.54 Å². The van der Waals surface area contributed by atoms with Crippen molar-refractivity contribution >= 4 is 21.7 Å². The lowest BCUT2D eigenvalue weighted by Gasteiger charge is -2.17. The Hall–Kier alpha value is -1.89. The van der Waals surface area contributed by atoms with Crippen molar-refractivity contribution in [1.29, 1.82) is 0 Å². The summed E-state index contributed by atoms with van der Waals surface area (Å²) in [5.74, 6) is -0.976. The Labute approximate surface area is 118 Å². The number of benzene rings is 1. The van der Waals surface area contributed by atoms with Crippen molar-refractivity contribution in [2.24, 2.45) is 0 Å². The predicted molar refractivity (Wildman–Crippen MR) is 73.3 cm³/mol. The van der Waals surface area contributed by atoms with Crippen molar-refractivity contribution in [2.75, 3.05) is 27.0 Å². The van der Waals surface area contributed by atoms with Crippen LogP contribution >= 0.6 is 0 Å². The molecule has 6 nitrogen and oxygen atoms in total. The topological polar surface area (TPSA) is 80.8 Å². The van der Waals surface area contributed by atoms with Crippen LogP contribution in [0.15, 0.2) is 23.1 Å². The fourth-order valence-corrected chi connectivity index (χ4v) is 2.24. The van der Waals surface area contributed by atoms with Crippen LogP contribution in [0.4, 0.5) is 0 Å². The number of sulfone groups is 1. The van der Waals surface area contributed by atoms with Crippen molar-refractivity contribution in [1.82, 2.24) is 4.90 Å². The third-order valence-electron chi connectivity index (χ3n) is 2.81. The Balaban J connectivity index is 3.12. The average molecular weight is 299 g/mol. The van der Waals surface area contributed by atoms with E-state index in [2.05, 4.69) is 4.74 Å². The molecule has 0 heterocycles. The van der Waals surface area contributed by atoms with E-state index in [0.29, 0.717) is 5.56 Å². The second-order valence-electron chi connectivity index (χ2n) is 4.49. The molecule has 1 amide bonds. The number of hydrogen-bond acceptors (Lipinski definition) is 5. The first-order chi connectivity index (χ1) is 9.16. The highest BCUT2D eigenvalue weighted by molar-refractivity contribution is 7.90. The molecule has 0 bridgehead atoms. The molecule has 7 heteroatoms. The van der Waals surface area contributed by atoms with E-state index in [1.54, 1.807) is 13.0 Å². The molecule has 110 valence electrons. The van der Waals surface area contributed by atoms with Crippen molar-refractivity contribution in [2.45, 2.75) is 11.8 Å². The quantitative estimate of drug-likeness (QED) is 0.762. The number of ether oxygens (including phenoxy) is 1. The van der Waals surface area contributed by atoms with Gasteiger partial charge >= 0.3 is 5.97 Å². The van der Waals surface area contributed by atoms with Gasteiger partial charge < -0.3 is 9.64 Å². The Morgan fingerprint density at radius 3 is 2.40 bits per heavy atom. The minimum atomic E-state index is -3.39. The molecule has 0 unspecified atom stereocenters. The monoisotopic (exact) mass is 299 g/mol. The van der Waals surface area contributed by atoms with Gasteiger partial charge in [0.2, 0.25) is 0 Å². The lowest BCUT2D eigenvalue weighted by molar-refractivity contribution is -0.141. The number of amides is 1. The van der Waals surface area contributed by atoms with Gasteiger partial charge in [-0.1, -0.05) is 6.07 Å². The summed E-state index contributed by atoms with van der Waals surface area (Å²) < 4.78 is 27.5. The smallest absolute Gasteiger partial charge is 0.325 e. The van der Waals surface area contributed by atoms with E-state index >= 15 is 0 Å². The van der Waals surface area contributed by atoms with E-state index in [4.69, 9.17) is 0 Å². The largest absolute Gasteiger partial charge is 0.468 e. The minimum Gasteiger partial charge on any atom is -0.468 e. The van der Waals surface area contributed by atoms with Gasteiger partial charge in [0, 0.05) is 18.9 Å². The van der Waals surface area contributed by atoms with Gasteiger partial charge in [0.25, 0.3) is 5.91 Å². The van der Waals surface area contributed by atoms with Gasteiger partial charge in [-0.2, -0.15) is 0 Å². The Kier molecular flexibility index (Phi) is 4.88. The van der Waals surface area contributed by atoms with Crippen molar-refractivity contribution < 1.29 is 22.7 Å². The van der Waals surface area contributed by atoms with E-state index in [1.807, 2.05) is 0 Å². The van der Waals surface area contributed by atoms with Crippen molar-refractivity contribution in [3.8, 4) is 0 Å². The van der Waals surface area contributed by atoms with Crippen LogP contribution in [0.3, 0.4) is 0 Å². The summed E-state index contributed by atoms with van der Waals surface area (Å²) in [6.45, 7) is 1.50. The third-order valence-corrected chi connectivity index (χ3v) is 3.92. The summed E-state index contributed by atoms with van der Waals surface area (Å²) in [7, 11) is -0.709. The number of methoxy groups -OCH3 is 1. The van der Waals surface area contributed by atoms with Crippen LogP contribution in [-0.4, -0.2) is 52.2 Å². The van der Waals surface area contributed by atoms with Gasteiger partial charge in [-0.3, -0.25) is 9.59 Å². The molecule has 0 spiro atoms. The third kappa shape index (κ3) is 3.80. The zero-order valence-corrected chi connectivity index (χ0v) is 12.7. The van der Waals surface area contributed by atoms with E-state index < -0.39 is 21.7 Å². The molecular weight excluding hydrogens is 282 g/mol. The Bertz CT molecular complexity index is 636. The molecule has 20 heavy (non-hydrogen) atoms. The van der Waals surface area contributed by atoms with Gasteiger partial charge in [-0.05, 0) is 24.6 Å². The fraction of sp³-hybridized carbons (Fsp3) is 0.385. The van der Waals surface area contributed by atoms with Crippen LogP contribution < -0.4 is 0 Å².